The van der Waals surface area contributed by atoms with Crippen molar-refractivity contribution in [1.82, 2.24) is 19.9 Å². The zero-order chi connectivity index (χ0) is 15.7. The zero-order valence-electron chi connectivity index (χ0n) is 12.5. The molecule has 0 aliphatic carbocycles. The van der Waals surface area contributed by atoms with E-state index in [1.165, 1.54) is 4.80 Å². The van der Waals surface area contributed by atoms with Crippen molar-refractivity contribution >= 4 is 5.91 Å². The second-order valence-corrected chi connectivity index (χ2v) is 5.38. The number of aryl methyl sites for hydroxylation is 1. The molecule has 7 heteroatoms. The van der Waals surface area contributed by atoms with E-state index in [2.05, 4.69) is 10.2 Å². The molecule has 2 aromatic rings. The molecule has 0 bridgehead atoms. The van der Waals surface area contributed by atoms with Crippen LogP contribution in [0.25, 0.3) is 5.69 Å². The molecule has 7 nitrogen and oxygen atoms in total. The van der Waals surface area contributed by atoms with E-state index in [0.717, 1.165) is 5.56 Å². The van der Waals surface area contributed by atoms with Gasteiger partial charge in [0.15, 0.2) is 6.23 Å². The van der Waals surface area contributed by atoms with Crippen LogP contribution in [0.15, 0.2) is 30.6 Å². The highest BCUT2D eigenvalue weighted by Crippen LogP contribution is 2.23. The van der Waals surface area contributed by atoms with Crippen LogP contribution in [0.5, 0.6) is 0 Å². The number of benzene rings is 1. The van der Waals surface area contributed by atoms with E-state index in [1.807, 2.05) is 26.0 Å². The Hall–Kier alpha value is -2.25. The molecule has 0 spiro atoms. The van der Waals surface area contributed by atoms with Gasteiger partial charge in [0.1, 0.15) is 0 Å². The highest BCUT2D eigenvalue weighted by molar-refractivity contribution is 5.98. The first-order valence-electron chi connectivity index (χ1n) is 7.15. The summed E-state index contributed by atoms with van der Waals surface area (Å²) in [6.07, 6.45) is 2.41. The van der Waals surface area contributed by atoms with Gasteiger partial charge in [0.25, 0.3) is 5.91 Å². The van der Waals surface area contributed by atoms with Gasteiger partial charge in [-0.3, -0.25) is 4.79 Å². The fraction of sp³-hybridized carbons (Fsp3) is 0.400. The van der Waals surface area contributed by atoms with Crippen LogP contribution in [-0.2, 0) is 4.74 Å². The SMILES string of the molecule is Cc1ccc(-n2nccn2)c(C(=O)N2C[C@H](C)O[C@H]2CO)c1. The van der Waals surface area contributed by atoms with E-state index in [4.69, 9.17) is 4.74 Å². The Morgan fingerprint density at radius 3 is 2.82 bits per heavy atom. The van der Waals surface area contributed by atoms with Crippen LogP contribution < -0.4 is 0 Å². The smallest absolute Gasteiger partial charge is 0.258 e. The summed E-state index contributed by atoms with van der Waals surface area (Å²) in [5, 5.41) is 17.6. The van der Waals surface area contributed by atoms with E-state index in [1.54, 1.807) is 23.4 Å². The van der Waals surface area contributed by atoms with E-state index >= 15 is 0 Å². The summed E-state index contributed by atoms with van der Waals surface area (Å²) in [5.74, 6) is -0.195. The van der Waals surface area contributed by atoms with Crippen molar-refractivity contribution in [2.45, 2.75) is 26.2 Å². The molecule has 22 heavy (non-hydrogen) atoms. The summed E-state index contributed by atoms with van der Waals surface area (Å²) in [6.45, 7) is 4.02. The summed E-state index contributed by atoms with van der Waals surface area (Å²) < 4.78 is 5.54. The molecular formula is C15H18N4O3. The Kier molecular flexibility index (Phi) is 3.91. The number of amides is 1. The average Bonchev–Trinajstić information content (AvgIpc) is 3.15. The molecule has 0 saturated carbocycles. The Bertz CT molecular complexity index is 671. The van der Waals surface area contributed by atoms with Crippen LogP contribution in [-0.4, -0.2) is 56.4 Å². The topological polar surface area (TPSA) is 80.5 Å². The number of aliphatic hydroxyl groups is 1. The molecule has 2 atom stereocenters. The van der Waals surface area contributed by atoms with Gasteiger partial charge in [0, 0.05) is 6.54 Å². The van der Waals surface area contributed by atoms with Crippen molar-refractivity contribution in [3.8, 4) is 5.69 Å². The molecule has 1 saturated heterocycles. The molecule has 116 valence electrons. The maximum absolute atomic E-state index is 12.9. The second kappa shape index (κ2) is 5.86. The highest BCUT2D eigenvalue weighted by Gasteiger charge is 2.35. The predicted molar refractivity (Wildman–Crippen MR) is 78.6 cm³/mol. The third-order valence-corrected chi connectivity index (χ3v) is 3.62. The molecule has 1 N–H and O–H groups in total. The fourth-order valence-electron chi connectivity index (χ4n) is 2.62. The lowest BCUT2D eigenvalue weighted by Crippen LogP contribution is -2.39. The molecule has 1 aliphatic rings. The van der Waals surface area contributed by atoms with Crippen molar-refractivity contribution in [1.29, 1.82) is 0 Å². The Morgan fingerprint density at radius 1 is 1.41 bits per heavy atom. The maximum Gasteiger partial charge on any atom is 0.258 e. The first-order chi connectivity index (χ1) is 10.6. The maximum atomic E-state index is 12.9. The minimum Gasteiger partial charge on any atom is -0.392 e. The average molecular weight is 302 g/mol. The minimum atomic E-state index is -0.610. The first kappa shape index (κ1) is 14.7. The van der Waals surface area contributed by atoms with E-state index in [9.17, 15) is 9.90 Å². The number of carbonyl (C=O) groups excluding carboxylic acids is 1. The van der Waals surface area contributed by atoms with Crippen molar-refractivity contribution in [2.75, 3.05) is 13.2 Å². The van der Waals surface area contributed by atoms with E-state index in [0.29, 0.717) is 17.8 Å². The van der Waals surface area contributed by atoms with Gasteiger partial charge < -0.3 is 14.7 Å². The molecule has 3 rings (SSSR count). The van der Waals surface area contributed by atoms with Crippen molar-refractivity contribution in [2.24, 2.45) is 0 Å². The number of aliphatic hydroxyl groups excluding tert-OH is 1. The van der Waals surface area contributed by atoms with Gasteiger partial charge in [-0.2, -0.15) is 15.0 Å². The van der Waals surface area contributed by atoms with Crippen LogP contribution >= 0.6 is 0 Å². The minimum absolute atomic E-state index is 0.0998. The third kappa shape index (κ3) is 2.60. The number of rotatable bonds is 3. The predicted octanol–water partition coefficient (Wildman–Crippen LogP) is 0.755. The Morgan fingerprint density at radius 2 is 2.14 bits per heavy atom. The summed E-state index contributed by atoms with van der Waals surface area (Å²) in [5.41, 5.74) is 2.07. The van der Waals surface area contributed by atoms with Crippen LogP contribution in [0, 0.1) is 6.92 Å². The molecule has 0 unspecified atom stereocenters. The van der Waals surface area contributed by atoms with Crippen molar-refractivity contribution in [3.63, 3.8) is 0 Å². The van der Waals surface area contributed by atoms with Gasteiger partial charge in [-0.25, -0.2) is 0 Å². The lowest BCUT2D eigenvalue weighted by molar-refractivity contribution is -0.0239. The lowest BCUT2D eigenvalue weighted by atomic mass is 10.1. The normalized spacial score (nSPS) is 21.3. The fourth-order valence-corrected chi connectivity index (χ4v) is 2.62. The van der Waals surface area contributed by atoms with Crippen LogP contribution in [0.1, 0.15) is 22.8 Å². The zero-order valence-corrected chi connectivity index (χ0v) is 12.5. The quantitative estimate of drug-likeness (QED) is 0.905. The molecule has 1 fully saturated rings. The number of ether oxygens (including phenoxy) is 1. The van der Waals surface area contributed by atoms with Gasteiger partial charge in [-0.1, -0.05) is 11.6 Å². The van der Waals surface area contributed by atoms with Crippen LogP contribution in [0.3, 0.4) is 0 Å². The van der Waals surface area contributed by atoms with E-state index < -0.39 is 6.23 Å². The summed E-state index contributed by atoms with van der Waals surface area (Å²) in [7, 11) is 0. The monoisotopic (exact) mass is 302 g/mol. The largest absolute Gasteiger partial charge is 0.392 e. The lowest BCUT2D eigenvalue weighted by Gasteiger charge is -2.22. The third-order valence-electron chi connectivity index (χ3n) is 3.62. The van der Waals surface area contributed by atoms with Gasteiger partial charge in [-0.15, -0.1) is 0 Å². The van der Waals surface area contributed by atoms with Crippen LogP contribution in [0.2, 0.25) is 0 Å². The first-order valence-corrected chi connectivity index (χ1v) is 7.15. The molecule has 1 aromatic carbocycles. The van der Waals surface area contributed by atoms with Crippen LogP contribution in [0.4, 0.5) is 0 Å². The van der Waals surface area contributed by atoms with Gasteiger partial charge in [0.2, 0.25) is 0 Å². The van der Waals surface area contributed by atoms with Gasteiger partial charge >= 0.3 is 0 Å². The standard InChI is InChI=1S/C15H18N4O3/c1-10-3-4-13(19-16-5-6-17-19)12(7-10)15(21)18-8-11(2)22-14(18)9-20/h3-7,11,14,20H,8-9H2,1-2H3/t11-,14-/m0/s1. The molecule has 1 aromatic heterocycles. The summed E-state index contributed by atoms with van der Waals surface area (Å²) in [4.78, 5) is 15.9. The number of nitrogens with zero attached hydrogens (tertiary/aromatic N) is 4. The number of aromatic nitrogens is 3. The number of carbonyl (C=O) groups is 1. The highest BCUT2D eigenvalue weighted by atomic mass is 16.5. The van der Waals surface area contributed by atoms with E-state index in [-0.39, 0.29) is 18.6 Å². The molecule has 1 aliphatic heterocycles. The van der Waals surface area contributed by atoms with Crippen molar-refractivity contribution in [3.05, 3.63) is 41.7 Å². The summed E-state index contributed by atoms with van der Waals surface area (Å²) in [6, 6.07) is 5.53. The van der Waals surface area contributed by atoms with Gasteiger partial charge in [-0.05, 0) is 26.0 Å². The Labute approximate surface area is 128 Å². The number of hydrogen-bond acceptors (Lipinski definition) is 5. The Balaban J connectivity index is 2.00. The van der Waals surface area contributed by atoms with Crippen molar-refractivity contribution < 1.29 is 14.6 Å². The summed E-state index contributed by atoms with van der Waals surface area (Å²) >= 11 is 0. The molecule has 1 amide bonds. The second-order valence-electron chi connectivity index (χ2n) is 5.38. The number of hydrogen-bond donors (Lipinski definition) is 1. The molecule has 2 heterocycles. The van der Waals surface area contributed by atoms with Gasteiger partial charge in [0.05, 0.1) is 36.4 Å². The molecule has 0 radical (unpaired) electrons. The molecular weight excluding hydrogens is 284 g/mol.